The molecule has 11 heteroatoms. The van der Waals surface area contributed by atoms with Crippen molar-refractivity contribution in [1.29, 1.82) is 0 Å². The highest BCUT2D eigenvalue weighted by molar-refractivity contribution is 5.69. The molecule has 0 aromatic heterocycles. The van der Waals surface area contributed by atoms with Crippen molar-refractivity contribution in [2.24, 2.45) is 0 Å². The largest absolute Gasteiger partial charge is 0.463 e. The van der Waals surface area contributed by atoms with Gasteiger partial charge in [0.2, 0.25) is 0 Å². The maximum Gasteiger partial charge on any atom is 0.305 e. The van der Waals surface area contributed by atoms with E-state index in [4.69, 9.17) is 47.4 Å². The van der Waals surface area contributed by atoms with Crippen LogP contribution in [0.2, 0.25) is 0 Å². The number of carbonyl (C=O) groups is 1. The summed E-state index contributed by atoms with van der Waals surface area (Å²) >= 11 is 0. The third-order valence-corrected chi connectivity index (χ3v) is 4.76. The molecule has 0 atom stereocenters. The summed E-state index contributed by atoms with van der Waals surface area (Å²) in [5.74, 6) is -0.156. The van der Waals surface area contributed by atoms with Gasteiger partial charge in [-0.05, 0) is 20.3 Å². The summed E-state index contributed by atoms with van der Waals surface area (Å²) in [5.41, 5.74) is 0. The van der Waals surface area contributed by atoms with E-state index in [0.29, 0.717) is 119 Å². The Morgan fingerprint density at radius 2 is 0.789 bits per heavy atom. The van der Waals surface area contributed by atoms with E-state index in [9.17, 15) is 4.79 Å². The first-order chi connectivity index (χ1) is 18.7. The van der Waals surface area contributed by atoms with Crippen LogP contribution in [0.3, 0.4) is 0 Å². The van der Waals surface area contributed by atoms with Crippen molar-refractivity contribution in [2.75, 3.05) is 119 Å². The molecule has 0 heterocycles. The van der Waals surface area contributed by atoms with E-state index in [1.54, 1.807) is 0 Å². The summed E-state index contributed by atoms with van der Waals surface area (Å²) in [6.07, 6.45) is 3.74. The summed E-state index contributed by atoms with van der Waals surface area (Å²) < 4.78 is 53.9. The van der Waals surface area contributed by atoms with Gasteiger partial charge in [0.05, 0.1) is 118 Å². The Kier molecular flexibility index (Phi) is 31.6. The molecule has 0 spiro atoms. The maximum absolute atomic E-state index is 11.4. The van der Waals surface area contributed by atoms with E-state index in [-0.39, 0.29) is 18.7 Å². The first kappa shape index (κ1) is 37.1. The van der Waals surface area contributed by atoms with Gasteiger partial charge >= 0.3 is 5.97 Å². The Bertz CT molecular complexity index is 466. The smallest absolute Gasteiger partial charge is 0.305 e. The molecule has 0 aliphatic heterocycles. The second-order valence-electron chi connectivity index (χ2n) is 8.50. The lowest BCUT2D eigenvalue weighted by Crippen LogP contribution is -2.15. The monoisotopic (exact) mass is 554 g/mol. The van der Waals surface area contributed by atoms with E-state index in [0.717, 1.165) is 19.3 Å². The molecular weight excluding hydrogens is 500 g/mol. The SMILES string of the molecule is CCCCCC(=O)OCCOCCOCCOCCOCCOCCOCCOCCOCCOC(C)C. The predicted octanol–water partition coefficient (Wildman–Crippen LogP) is 2.67. The molecule has 38 heavy (non-hydrogen) atoms. The highest BCUT2D eigenvalue weighted by Crippen LogP contribution is 2.00. The number of rotatable bonds is 32. The van der Waals surface area contributed by atoms with Crippen LogP contribution >= 0.6 is 0 Å². The summed E-state index contributed by atoms with van der Waals surface area (Å²) in [5, 5.41) is 0. The number of carbonyl (C=O) groups excluding carboxylic acids is 1. The van der Waals surface area contributed by atoms with Crippen molar-refractivity contribution in [1.82, 2.24) is 0 Å². The average molecular weight is 555 g/mol. The van der Waals surface area contributed by atoms with Gasteiger partial charge in [-0.3, -0.25) is 4.79 Å². The zero-order chi connectivity index (χ0) is 27.8. The van der Waals surface area contributed by atoms with Gasteiger partial charge in [0.15, 0.2) is 0 Å². The number of ether oxygens (including phenoxy) is 10. The molecule has 0 bridgehead atoms. The zero-order valence-corrected chi connectivity index (χ0v) is 24.1. The highest BCUT2D eigenvalue weighted by atomic mass is 16.6. The standard InChI is InChI=1S/C27H54O11/c1-4-5-6-7-27(28)38-25-23-36-21-19-34-17-15-32-13-11-30-9-8-29-10-12-31-14-16-33-18-20-35-22-24-37-26(2)3/h26H,4-25H2,1-3H3. The Labute approximate surface area is 230 Å². The van der Waals surface area contributed by atoms with Crippen molar-refractivity contribution in [3.05, 3.63) is 0 Å². The molecule has 0 aromatic rings. The molecule has 0 N–H and O–H groups in total. The summed E-state index contributed by atoms with van der Waals surface area (Å²) in [7, 11) is 0. The van der Waals surface area contributed by atoms with Gasteiger partial charge in [0.25, 0.3) is 0 Å². The second kappa shape index (κ2) is 32.3. The maximum atomic E-state index is 11.4. The molecule has 0 fully saturated rings. The molecule has 0 aliphatic rings. The Morgan fingerprint density at radius 3 is 1.11 bits per heavy atom. The fourth-order valence-corrected chi connectivity index (χ4v) is 2.79. The zero-order valence-electron chi connectivity index (χ0n) is 24.1. The first-order valence-corrected chi connectivity index (χ1v) is 14.1. The van der Waals surface area contributed by atoms with E-state index in [1.807, 2.05) is 13.8 Å². The van der Waals surface area contributed by atoms with Crippen molar-refractivity contribution in [3.63, 3.8) is 0 Å². The second-order valence-corrected chi connectivity index (χ2v) is 8.50. The normalized spacial score (nSPS) is 11.5. The minimum absolute atomic E-state index is 0.156. The fourth-order valence-electron chi connectivity index (χ4n) is 2.79. The Morgan fingerprint density at radius 1 is 0.474 bits per heavy atom. The summed E-state index contributed by atoms with van der Waals surface area (Å²) in [6, 6.07) is 0. The lowest BCUT2D eigenvalue weighted by Gasteiger charge is -2.09. The number of esters is 1. The van der Waals surface area contributed by atoms with Crippen LogP contribution in [0, 0.1) is 0 Å². The topological polar surface area (TPSA) is 109 Å². The Hall–Kier alpha value is -0.890. The molecule has 0 amide bonds. The number of hydrogen-bond acceptors (Lipinski definition) is 11. The molecular formula is C27H54O11. The quantitative estimate of drug-likeness (QED) is 0.0904. The van der Waals surface area contributed by atoms with Crippen molar-refractivity contribution in [2.45, 2.75) is 52.6 Å². The van der Waals surface area contributed by atoms with Gasteiger partial charge in [0, 0.05) is 6.42 Å². The fraction of sp³-hybridized carbons (Fsp3) is 0.963. The van der Waals surface area contributed by atoms with E-state index in [2.05, 4.69) is 6.92 Å². The number of unbranched alkanes of at least 4 members (excludes halogenated alkanes) is 2. The first-order valence-electron chi connectivity index (χ1n) is 14.1. The van der Waals surface area contributed by atoms with Crippen LogP contribution in [0.15, 0.2) is 0 Å². The van der Waals surface area contributed by atoms with Gasteiger partial charge in [-0.25, -0.2) is 0 Å². The molecule has 0 unspecified atom stereocenters. The molecule has 0 radical (unpaired) electrons. The third-order valence-electron chi connectivity index (χ3n) is 4.76. The van der Waals surface area contributed by atoms with E-state index >= 15 is 0 Å². The predicted molar refractivity (Wildman–Crippen MR) is 143 cm³/mol. The van der Waals surface area contributed by atoms with Crippen LogP contribution in [-0.4, -0.2) is 131 Å². The van der Waals surface area contributed by atoms with Crippen LogP contribution in [-0.2, 0) is 52.2 Å². The van der Waals surface area contributed by atoms with Crippen LogP contribution < -0.4 is 0 Å². The van der Waals surface area contributed by atoms with Crippen molar-refractivity contribution < 1.29 is 52.2 Å². The Balaban J connectivity index is 3.07. The van der Waals surface area contributed by atoms with Gasteiger partial charge in [-0.2, -0.15) is 0 Å². The highest BCUT2D eigenvalue weighted by Gasteiger charge is 2.02. The van der Waals surface area contributed by atoms with Gasteiger partial charge in [-0.1, -0.05) is 19.8 Å². The van der Waals surface area contributed by atoms with Crippen molar-refractivity contribution >= 4 is 5.97 Å². The third kappa shape index (κ3) is 33.1. The lowest BCUT2D eigenvalue weighted by molar-refractivity contribution is -0.145. The van der Waals surface area contributed by atoms with E-state index in [1.165, 1.54) is 0 Å². The van der Waals surface area contributed by atoms with Crippen LogP contribution in [0.4, 0.5) is 0 Å². The molecule has 228 valence electrons. The molecule has 0 aromatic carbocycles. The minimum atomic E-state index is -0.156. The van der Waals surface area contributed by atoms with Crippen LogP contribution in [0.1, 0.15) is 46.5 Å². The van der Waals surface area contributed by atoms with Gasteiger partial charge < -0.3 is 47.4 Å². The molecule has 0 aliphatic carbocycles. The van der Waals surface area contributed by atoms with Gasteiger partial charge in [0.1, 0.15) is 6.61 Å². The van der Waals surface area contributed by atoms with Crippen molar-refractivity contribution in [3.8, 4) is 0 Å². The number of hydrogen-bond donors (Lipinski definition) is 0. The van der Waals surface area contributed by atoms with Crippen LogP contribution in [0.25, 0.3) is 0 Å². The van der Waals surface area contributed by atoms with Gasteiger partial charge in [-0.15, -0.1) is 0 Å². The lowest BCUT2D eigenvalue weighted by atomic mass is 10.2. The minimum Gasteiger partial charge on any atom is -0.463 e. The molecule has 11 nitrogen and oxygen atoms in total. The molecule has 0 rings (SSSR count). The average Bonchev–Trinajstić information content (AvgIpc) is 2.90. The summed E-state index contributed by atoms with van der Waals surface area (Å²) in [6.45, 7) is 15.1. The molecule has 0 saturated heterocycles. The van der Waals surface area contributed by atoms with E-state index < -0.39 is 0 Å². The summed E-state index contributed by atoms with van der Waals surface area (Å²) in [4.78, 5) is 11.4. The molecule has 0 saturated carbocycles. The van der Waals surface area contributed by atoms with Crippen LogP contribution in [0.5, 0.6) is 0 Å².